The van der Waals surface area contributed by atoms with Crippen molar-refractivity contribution in [3.63, 3.8) is 0 Å². The maximum atomic E-state index is 5.41. The minimum absolute atomic E-state index is 0.492. The number of rotatable bonds is 9. The van der Waals surface area contributed by atoms with Crippen molar-refractivity contribution in [3.8, 4) is 0 Å². The minimum Gasteiger partial charge on any atom is -0.379 e. The van der Waals surface area contributed by atoms with Gasteiger partial charge in [0, 0.05) is 45.0 Å². The predicted molar refractivity (Wildman–Crippen MR) is 115 cm³/mol. The van der Waals surface area contributed by atoms with E-state index in [1.165, 1.54) is 0 Å². The predicted octanol–water partition coefficient (Wildman–Crippen LogP) is 0.889. The number of thiazole rings is 1. The SMILES string of the molecule is Cc1nc(CCNC(=NCc2nnc(C)n2C)NCCCN2CCOCC2)cs1. The van der Waals surface area contributed by atoms with Crippen molar-refractivity contribution in [2.75, 3.05) is 45.9 Å². The molecular weight excluding hydrogens is 388 g/mol. The molecule has 1 saturated heterocycles. The quantitative estimate of drug-likeness (QED) is 0.354. The Morgan fingerprint density at radius 2 is 2.00 bits per heavy atom. The van der Waals surface area contributed by atoms with Gasteiger partial charge in [0.1, 0.15) is 12.4 Å². The maximum Gasteiger partial charge on any atom is 0.191 e. The number of ether oxygens (including phenoxy) is 1. The van der Waals surface area contributed by atoms with E-state index < -0.39 is 0 Å². The van der Waals surface area contributed by atoms with Gasteiger partial charge in [-0.3, -0.25) is 4.90 Å². The number of morpholine rings is 1. The summed E-state index contributed by atoms with van der Waals surface area (Å²) in [5.41, 5.74) is 1.12. The second-order valence-electron chi connectivity index (χ2n) is 7.16. The molecule has 160 valence electrons. The molecule has 0 unspecified atom stereocenters. The molecule has 0 saturated carbocycles. The Bertz CT molecular complexity index is 781. The van der Waals surface area contributed by atoms with E-state index in [1.54, 1.807) is 11.3 Å². The van der Waals surface area contributed by atoms with Crippen LogP contribution >= 0.6 is 11.3 Å². The fourth-order valence-corrected chi connectivity index (χ4v) is 3.73. The highest BCUT2D eigenvalue weighted by molar-refractivity contribution is 7.09. The van der Waals surface area contributed by atoms with Crippen molar-refractivity contribution >= 4 is 17.3 Å². The Balaban J connectivity index is 1.48. The van der Waals surface area contributed by atoms with Gasteiger partial charge in [-0.25, -0.2) is 9.98 Å². The minimum atomic E-state index is 0.492. The van der Waals surface area contributed by atoms with Crippen LogP contribution < -0.4 is 10.6 Å². The number of hydrogen-bond donors (Lipinski definition) is 2. The number of aliphatic imine (C=N–C) groups is 1. The van der Waals surface area contributed by atoms with Crippen molar-refractivity contribution in [1.82, 2.24) is 35.3 Å². The molecule has 29 heavy (non-hydrogen) atoms. The Morgan fingerprint density at radius 1 is 1.21 bits per heavy atom. The van der Waals surface area contributed by atoms with Crippen molar-refractivity contribution in [2.24, 2.45) is 12.0 Å². The summed E-state index contributed by atoms with van der Waals surface area (Å²) in [6, 6.07) is 0. The third-order valence-corrected chi connectivity index (χ3v) is 5.77. The average Bonchev–Trinajstić information content (AvgIpc) is 3.29. The molecule has 2 aromatic heterocycles. The monoisotopic (exact) mass is 420 g/mol. The van der Waals surface area contributed by atoms with Gasteiger partial charge >= 0.3 is 0 Å². The molecule has 0 amide bonds. The first-order valence-electron chi connectivity index (χ1n) is 10.2. The van der Waals surface area contributed by atoms with Crippen LogP contribution in [0.25, 0.3) is 0 Å². The fourth-order valence-electron chi connectivity index (χ4n) is 3.08. The van der Waals surface area contributed by atoms with E-state index in [2.05, 4.69) is 36.1 Å². The number of aromatic nitrogens is 4. The van der Waals surface area contributed by atoms with E-state index in [0.717, 1.165) is 87.1 Å². The largest absolute Gasteiger partial charge is 0.379 e. The van der Waals surface area contributed by atoms with Crippen LogP contribution in [-0.2, 0) is 24.8 Å². The second kappa shape index (κ2) is 11.2. The highest BCUT2D eigenvalue weighted by Crippen LogP contribution is 2.07. The molecule has 0 aliphatic carbocycles. The van der Waals surface area contributed by atoms with Gasteiger partial charge < -0.3 is 19.9 Å². The van der Waals surface area contributed by atoms with Crippen molar-refractivity contribution in [2.45, 2.75) is 33.2 Å². The van der Waals surface area contributed by atoms with E-state index in [4.69, 9.17) is 9.73 Å². The van der Waals surface area contributed by atoms with E-state index in [0.29, 0.717) is 6.54 Å². The molecule has 9 nitrogen and oxygen atoms in total. The van der Waals surface area contributed by atoms with Crippen LogP contribution in [0.2, 0.25) is 0 Å². The highest BCUT2D eigenvalue weighted by atomic mass is 32.1. The van der Waals surface area contributed by atoms with Gasteiger partial charge in [-0.05, 0) is 26.8 Å². The lowest BCUT2D eigenvalue weighted by molar-refractivity contribution is 0.0376. The summed E-state index contributed by atoms with van der Waals surface area (Å²) >= 11 is 1.69. The summed E-state index contributed by atoms with van der Waals surface area (Å²) in [4.78, 5) is 11.7. The standard InChI is InChI=1S/C19H32N8OS/c1-15-24-25-18(26(15)3)13-22-19(21-7-5-17-14-29-16(2)23-17)20-6-4-8-27-9-11-28-12-10-27/h14H,4-13H2,1-3H3,(H2,20,21,22). The molecular formula is C19H32N8OS. The summed E-state index contributed by atoms with van der Waals surface area (Å²) in [6.07, 6.45) is 1.94. The smallest absolute Gasteiger partial charge is 0.191 e. The maximum absolute atomic E-state index is 5.41. The summed E-state index contributed by atoms with van der Waals surface area (Å²) in [5.74, 6) is 2.55. The van der Waals surface area contributed by atoms with Gasteiger partial charge in [0.2, 0.25) is 0 Å². The van der Waals surface area contributed by atoms with E-state index in [1.807, 2.05) is 25.5 Å². The van der Waals surface area contributed by atoms with Crippen molar-refractivity contribution in [3.05, 3.63) is 27.7 Å². The highest BCUT2D eigenvalue weighted by Gasteiger charge is 2.10. The van der Waals surface area contributed by atoms with Crippen molar-refractivity contribution < 1.29 is 4.74 Å². The van der Waals surface area contributed by atoms with E-state index >= 15 is 0 Å². The molecule has 0 aromatic carbocycles. The molecule has 1 aliphatic rings. The van der Waals surface area contributed by atoms with E-state index in [-0.39, 0.29) is 0 Å². The summed E-state index contributed by atoms with van der Waals surface area (Å²) in [7, 11) is 1.97. The number of hydrogen-bond acceptors (Lipinski definition) is 7. The Kier molecular flexibility index (Phi) is 8.38. The van der Waals surface area contributed by atoms with E-state index in [9.17, 15) is 0 Å². The molecule has 2 N–H and O–H groups in total. The van der Waals surface area contributed by atoms with Gasteiger partial charge in [-0.2, -0.15) is 0 Å². The molecule has 0 radical (unpaired) electrons. The molecule has 2 aromatic rings. The Labute approximate surface area is 176 Å². The topological polar surface area (TPSA) is 92.5 Å². The molecule has 0 spiro atoms. The van der Waals surface area contributed by atoms with Crippen LogP contribution in [0.3, 0.4) is 0 Å². The van der Waals surface area contributed by atoms with Crippen LogP contribution in [-0.4, -0.2) is 76.5 Å². The third kappa shape index (κ3) is 7.06. The van der Waals surface area contributed by atoms with Gasteiger partial charge in [-0.1, -0.05) is 0 Å². The van der Waals surface area contributed by atoms with Crippen LogP contribution in [0, 0.1) is 13.8 Å². The van der Waals surface area contributed by atoms with Crippen molar-refractivity contribution in [1.29, 1.82) is 0 Å². The molecule has 0 bridgehead atoms. The Hall–Kier alpha value is -2.04. The molecule has 1 fully saturated rings. The number of guanidine groups is 1. The zero-order valence-electron chi connectivity index (χ0n) is 17.6. The van der Waals surface area contributed by atoms with Crippen LogP contribution in [0.5, 0.6) is 0 Å². The van der Waals surface area contributed by atoms with Gasteiger partial charge in [-0.15, -0.1) is 21.5 Å². The first-order valence-corrected chi connectivity index (χ1v) is 11.1. The first-order chi connectivity index (χ1) is 14.1. The molecule has 3 heterocycles. The normalized spacial score (nSPS) is 15.6. The molecule has 0 atom stereocenters. The van der Waals surface area contributed by atoms with Gasteiger partial charge in [0.25, 0.3) is 0 Å². The number of nitrogens with one attached hydrogen (secondary N) is 2. The Morgan fingerprint density at radius 3 is 2.69 bits per heavy atom. The van der Waals surface area contributed by atoms with Gasteiger partial charge in [0.05, 0.1) is 23.9 Å². The average molecular weight is 421 g/mol. The second-order valence-corrected chi connectivity index (χ2v) is 8.22. The van der Waals surface area contributed by atoms with Gasteiger partial charge in [0.15, 0.2) is 11.8 Å². The van der Waals surface area contributed by atoms with Crippen LogP contribution in [0.4, 0.5) is 0 Å². The summed E-state index contributed by atoms with van der Waals surface area (Å²) < 4.78 is 7.38. The third-order valence-electron chi connectivity index (χ3n) is 4.95. The summed E-state index contributed by atoms with van der Waals surface area (Å²) in [6.45, 7) is 10.9. The number of nitrogens with zero attached hydrogens (tertiary/aromatic N) is 6. The zero-order valence-corrected chi connectivity index (χ0v) is 18.5. The fraction of sp³-hybridized carbons (Fsp3) is 0.684. The zero-order chi connectivity index (χ0) is 20.5. The first kappa shape index (κ1) is 21.7. The molecule has 3 rings (SSSR count). The van der Waals surface area contributed by atoms with Crippen LogP contribution in [0.15, 0.2) is 10.4 Å². The van der Waals surface area contributed by atoms with Crippen LogP contribution in [0.1, 0.15) is 28.8 Å². The molecule has 10 heteroatoms. The molecule has 1 aliphatic heterocycles. The lowest BCUT2D eigenvalue weighted by Crippen LogP contribution is -2.41. The lowest BCUT2D eigenvalue weighted by atomic mass is 10.3. The number of aryl methyl sites for hydroxylation is 2. The summed E-state index contributed by atoms with van der Waals surface area (Å²) in [5, 5.41) is 18.4. The lowest BCUT2D eigenvalue weighted by Gasteiger charge is -2.26.